The average Bonchev–Trinajstić information content (AvgIpc) is 2.34. The molecule has 1 aromatic rings. The Morgan fingerprint density at radius 3 is 2.50 bits per heavy atom. The zero-order valence-electron chi connectivity index (χ0n) is 12.3. The molecule has 0 aromatic heterocycles. The number of rotatable bonds is 6. The number of hydrogen-bond acceptors (Lipinski definition) is 4. The molecular formula is C14H21N3O3. The van der Waals surface area contributed by atoms with E-state index >= 15 is 0 Å². The number of benzene rings is 1. The van der Waals surface area contributed by atoms with Crippen molar-refractivity contribution >= 4 is 17.3 Å². The molecule has 0 aliphatic heterocycles. The highest BCUT2D eigenvalue weighted by atomic mass is 16.6. The van der Waals surface area contributed by atoms with Crippen molar-refractivity contribution in [3.05, 3.63) is 33.9 Å². The quantitative estimate of drug-likeness (QED) is 0.619. The van der Waals surface area contributed by atoms with Crippen molar-refractivity contribution in [3.8, 4) is 0 Å². The number of hydrogen-bond donors (Lipinski definition) is 2. The molecule has 0 radical (unpaired) electrons. The van der Waals surface area contributed by atoms with E-state index in [1.54, 1.807) is 19.9 Å². The Morgan fingerprint density at radius 1 is 1.30 bits per heavy atom. The van der Waals surface area contributed by atoms with E-state index in [4.69, 9.17) is 0 Å². The number of nitro benzene ring substituents is 1. The minimum atomic E-state index is -0.449. The second-order valence-corrected chi connectivity index (χ2v) is 5.32. The topological polar surface area (TPSA) is 84.3 Å². The molecule has 1 amide bonds. The smallest absolute Gasteiger partial charge is 0.271 e. The molecule has 0 aliphatic rings. The fourth-order valence-corrected chi connectivity index (χ4v) is 1.72. The van der Waals surface area contributed by atoms with E-state index in [2.05, 4.69) is 10.6 Å². The van der Waals surface area contributed by atoms with Gasteiger partial charge in [-0.25, -0.2) is 0 Å². The number of nitrogens with one attached hydrogen (secondary N) is 2. The molecule has 1 aromatic carbocycles. The highest BCUT2D eigenvalue weighted by Crippen LogP contribution is 2.21. The van der Waals surface area contributed by atoms with Crippen LogP contribution in [0.3, 0.4) is 0 Å². The van der Waals surface area contributed by atoms with Gasteiger partial charge in [-0.15, -0.1) is 0 Å². The van der Waals surface area contributed by atoms with Crippen LogP contribution in [0.15, 0.2) is 18.2 Å². The van der Waals surface area contributed by atoms with Crippen molar-refractivity contribution in [2.45, 2.75) is 33.7 Å². The maximum absolute atomic E-state index is 11.8. The second kappa shape index (κ2) is 6.88. The van der Waals surface area contributed by atoms with E-state index in [9.17, 15) is 14.9 Å². The summed E-state index contributed by atoms with van der Waals surface area (Å²) in [6.45, 7) is 8.15. The van der Waals surface area contributed by atoms with Gasteiger partial charge in [-0.3, -0.25) is 14.9 Å². The number of anilines is 1. The predicted octanol–water partition coefficient (Wildman–Crippen LogP) is 2.48. The summed E-state index contributed by atoms with van der Waals surface area (Å²) in [5.74, 6) is 0.258. The molecule has 2 N–H and O–H groups in total. The number of nitrogens with zero attached hydrogens (tertiary/aromatic N) is 1. The lowest BCUT2D eigenvalue weighted by Gasteiger charge is -2.16. The summed E-state index contributed by atoms with van der Waals surface area (Å²) >= 11 is 0. The molecule has 0 saturated carbocycles. The van der Waals surface area contributed by atoms with Crippen LogP contribution in [0.2, 0.25) is 0 Å². The van der Waals surface area contributed by atoms with E-state index < -0.39 is 11.0 Å². The SMILES string of the molecule is Cc1cc(NC(C)C(=O)NCC(C)C)cc([N+](=O)[O-])c1. The van der Waals surface area contributed by atoms with E-state index in [1.807, 2.05) is 13.8 Å². The van der Waals surface area contributed by atoms with Gasteiger partial charge in [0, 0.05) is 24.4 Å². The Hall–Kier alpha value is -2.11. The summed E-state index contributed by atoms with van der Waals surface area (Å²) in [6.07, 6.45) is 0. The van der Waals surface area contributed by atoms with Gasteiger partial charge in [0.15, 0.2) is 0 Å². The van der Waals surface area contributed by atoms with Crippen molar-refractivity contribution in [2.75, 3.05) is 11.9 Å². The Morgan fingerprint density at radius 2 is 1.95 bits per heavy atom. The molecule has 0 saturated heterocycles. The minimum Gasteiger partial charge on any atom is -0.374 e. The lowest BCUT2D eigenvalue weighted by atomic mass is 10.1. The van der Waals surface area contributed by atoms with Gasteiger partial charge in [0.2, 0.25) is 5.91 Å². The third-order valence-electron chi connectivity index (χ3n) is 2.73. The Labute approximate surface area is 118 Å². The lowest BCUT2D eigenvalue weighted by Crippen LogP contribution is -2.39. The molecule has 1 atom stereocenters. The number of non-ortho nitro benzene ring substituents is 1. The zero-order valence-corrected chi connectivity index (χ0v) is 12.3. The number of carbonyl (C=O) groups excluding carboxylic acids is 1. The maximum atomic E-state index is 11.8. The average molecular weight is 279 g/mol. The molecule has 0 fully saturated rings. The Bertz CT molecular complexity index is 500. The normalized spacial score (nSPS) is 12.1. The van der Waals surface area contributed by atoms with Crippen LogP contribution >= 0.6 is 0 Å². The van der Waals surface area contributed by atoms with Gasteiger partial charge in [-0.2, -0.15) is 0 Å². The summed E-state index contributed by atoms with van der Waals surface area (Å²) in [5, 5.41) is 16.6. The fraction of sp³-hybridized carbons (Fsp3) is 0.500. The summed E-state index contributed by atoms with van der Waals surface area (Å²) in [7, 11) is 0. The minimum absolute atomic E-state index is 0.0160. The van der Waals surface area contributed by atoms with Crippen LogP contribution in [0.25, 0.3) is 0 Å². The van der Waals surface area contributed by atoms with Gasteiger partial charge in [0.1, 0.15) is 6.04 Å². The number of amides is 1. The molecule has 110 valence electrons. The van der Waals surface area contributed by atoms with Crippen LogP contribution in [0.4, 0.5) is 11.4 Å². The first kappa shape index (κ1) is 15.9. The van der Waals surface area contributed by atoms with E-state index in [0.29, 0.717) is 18.2 Å². The van der Waals surface area contributed by atoms with Crippen LogP contribution in [0.1, 0.15) is 26.3 Å². The first-order valence-corrected chi connectivity index (χ1v) is 6.60. The molecule has 1 unspecified atom stereocenters. The molecular weight excluding hydrogens is 258 g/mol. The summed E-state index contributed by atoms with van der Waals surface area (Å²) in [4.78, 5) is 22.2. The van der Waals surface area contributed by atoms with Crippen molar-refractivity contribution in [3.63, 3.8) is 0 Å². The Balaban J connectivity index is 2.72. The highest BCUT2D eigenvalue weighted by molar-refractivity contribution is 5.84. The van der Waals surface area contributed by atoms with Crippen molar-refractivity contribution in [1.29, 1.82) is 0 Å². The fourth-order valence-electron chi connectivity index (χ4n) is 1.72. The lowest BCUT2D eigenvalue weighted by molar-refractivity contribution is -0.384. The van der Waals surface area contributed by atoms with E-state index in [-0.39, 0.29) is 11.6 Å². The molecule has 20 heavy (non-hydrogen) atoms. The summed E-state index contributed by atoms with van der Waals surface area (Å²) in [6, 6.07) is 4.25. The van der Waals surface area contributed by atoms with Crippen molar-refractivity contribution in [1.82, 2.24) is 5.32 Å². The first-order valence-electron chi connectivity index (χ1n) is 6.60. The molecule has 0 bridgehead atoms. The second-order valence-electron chi connectivity index (χ2n) is 5.32. The van der Waals surface area contributed by atoms with Crippen molar-refractivity contribution in [2.24, 2.45) is 5.92 Å². The standard InChI is InChI=1S/C14H21N3O3/c1-9(2)8-15-14(18)11(4)16-12-5-10(3)6-13(7-12)17(19)20/h5-7,9,11,16H,8H2,1-4H3,(H,15,18). The van der Waals surface area contributed by atoms with E-state index in [1.165, 1.54) is 12.1 Å². The first-order chi connectivity index (χ1) is 9.29. The van der Waals surface area contributed by atoms with E-state index in [0.717, 1.165) is 5.56 Å². The van der Waals surface area contributed by atoms with Crippen LogP contribution in [-0.2, 0) is 4.79 Å². The number of nitro groups is 1. The molecule has 0 aliphatic carbocycles. The Kier molecular flexibility index (Phi) is 5.49. The van der Waals surface area contributed by atoms with Crippen LogP contribution < -0.4 is 10.6 Å². The van der Waals surface area contributed by atoms with Crippen LogP contribution in [0, 0.1) is 23.0 Å². The van der Waals surface area contributed by atoms with Gasteiger partial charge in [0.05, 0.1) is 4.92 Å². The summed E-state index contributed by atoms with van der Waals surface area (Å²) in [5.41, 5.74) is 1.36. The van der Waals surface area contributed by atoms with Crippen molar-refractivity contribution < 1.29 is 9.72 Å². The third-order valence-corrected chi connectivity index (χ3v) is 2.73. The molecule has 1 rings (SSSR count). The predicted molar refractivity (Wildman–Crippen MR) is 78.8 cm³/mol. The maximum Gasteiger partial charge on any atom is 0.271 e. The molecule has 6 heteroatoms. The number of aryl methyl sites for hydroxylation is 1. The van der Waals surface area contributed by atoms with Gasteiger partial charge in [-0.1, -0.05) is 13.8 Å². The van der Waals surface area contributed by atoms with Gasteiger partial charge < -0.3 is 10.6 Å². The summed E-state index contributed by atoms with van der Waals surface area (Å²) < 4.78 is 0. The largest absolute Gasteiger partial charge is 0.374 e. The van der Waals surface area contributed by atoms with Gasteiger partial charge in [-0.05, 0) is 31.4 Å². The molecule has 6 nitrogen and oxygen atoms in total. The molecule has 0 heterocycles. The highest BCUT2D eigenvalue weighted by Gasteiger charge is 2.14. The van der Waals surface area contributed by atoms with Crippen LogP contribution in [0.5, 0.6) is 0 Å². The van der Waals surface area contributed by atoms with Crippen LogP contribution in [-0.4, -0.2) is 23.4 Å². The third kappa shape index (κ3) is 4.87. The monoisotopic (exact) mass is 279 g/mol. The van der Waals surface area contributed by atoms with Gasteiger partial charge >= 0.3 is 0 Å². The molecule has 0 spiro atoms. The van der Waals surface area contributed by atoms with Gasteiger partial charge in [0.25, 0.3) is 5.69 Å². The number of carbonyl (C=O) groups is 1. The zero-order chi connectivity index (χ0) is 15.3.